The lowest BCUT2D eigenvalue weighted by molar-refractivity contribution is 0.0995. The molecule has 0 atom stereocenters. The highest BCUT2D eigenvalue weighted by molar-refractivity contribution is 6.06. The highest BCUT2D eigenvalue weighted by Gasteiger charge is 2.15. The zero-order valence-electron chi connectivity index (χ0n) is 14.2. The summed E-state index contributed by atoms with van der Waals surface area (Å²) in [5.74, 6) is -0.697. The number of nitrogens with zero attached hydrogens (tertiary/aromatic N) is 1. The van der Waals surface area contributed by atoms with Crippen LogP contribution in [0.15, 0.2) is 48.5 Å². The molecule has 3 rings (SSSR count). The van der Waals surface area contributed by atoms with E-state index in [1.807, 2.05) is 18.2 Å². The molecule has 0 unspecified atom stereocenters. The van der Waals surface area contributed by atoms with Gasteiger partial charge in [0, 0.05) is 24.2 Å². The second kappa shape index (κ2) is 7.83. The molecule has 2 amide bonds. The Morgan fingerprint density at radius 2 is 1.44 bits per heavy atom. The molecule has 0 radical (unpaired) electrons. The third-order valence-corrected chi connectivity index (χ3v) is 4.53. The van der Waals surface area contributed by atoms with Crippen LogP contribution in [-0.2, 0) is 0 Å². The van der Waals surface area contributed by atoms with E-state index >= 15 is 0 Å². The maximum Gasteiger partial charge on any atom is 0.255 e. The number of nitrogens with two attached hydrogens (primary N) is 1. The van der Waals surface area contributed by atoms with Crippen molar-refractivity contribution in [1.82, 2.24) is 0 Å². The molecule has 1 aliphatic rings. The summed E-state index contributed by atoms with van der Waals surface area (Å²) >= 11 is 0. The first kappa shape index (κ1) is 17.0. The van der Waals surface area contributed by atoms with Gasteiger partial charge in [0.25, 0.3) is 5.91 Å². The van der Waals surface area contributed by atoms with Gasteiger partial charge in [-0.05, 0) is 49.2 Å². The van der Waals surface area contributed by atoms with Gasteiger partial charge in [-0.1, -0.05) is 25.0 Å². The Hall–Kier alpha value is -2.82. The third kappa shape index (κ3) is 4.18. The second-order valence-electron chi connectivity index (χ2n) is 6.31. The molecule has 2 aromatic rings. The number of amides is 2. The van der Waals surface area contributed by atoms with Gasteiger partial charge in [0.05, 0.1) is 11.4 Å². The van der Waals surface area contributed by atoms with Crippen molar-refractivity contribution < 1.29 is 9.59 Å². The number of hydrogen-bond donors (Lipinski definition) is 2. The smallest absolute Gasteiger partial charge is 0.255 e. The fourth-order valence-corrected chi connectivity index (χ4v) is 3.15. The first-order valence-electron chi connectivity index (χ1n) is 8.70. The summed E-state index contributed by atoms with van der Waals surface area (Å²) in [6, 6.07) is 14.3. The first-order chi connectivity index (χ1) is 12.1. The van der Waals surface area contributed by atoms with Crippen molar-refractivity contribution >= 4 is 23.2 Å². The standard InChI is InChI=1S/C20H23N3O2/c21-19(24)15-9-11-16(12-10-15)20(25)22-17-7-3-4-8-18(17)23-13-5-1-2-6-14-23/h3-4,7-12H,1-2,5-6,13-14H2,(H2,21,24)(H,22,25). The van der Waals surface area contributed by atoms with E-state index in [0.29, 0.717) is 11.1 Å². The number of hydrogen-bond acceptors (Lipinski definition) is 3. The minimum atomic E-state index is -0.501. The van der Waals surface area contributed by atoms with Crippen LogP contribution in [0.3, 0.4) is 0 Å². The number of benzene rings is 2. The quantitative estimate of drug-likeness (QED) is 0.897. The average molecular weight is 337 g/mol. The number of para-hydroxylation sites is 2. The lowest BCUT2D eigenvalue weighted by atomic mass is 10.1. The van der Waals surface area contributed by atoms with Gasteiger partial charge >= 0.3 is 0 Å². The van der Waals surface area contributed by atoms with Gasteiger partial charge in [-0.15, -0.1) is 0 Å². The number of anilines is 2. The summed E-state index contributed by atoms with van der Waals surface area (Å²) in [6.07, 6.45) is 4.88. The molecule has 5 heteroatoms. The Labute approximate surface area is 147 Å². The molecule has 25 heavy (non-hydrogen) atoms. The van der Waals surface area contributed by atoms with Crippen LogP contribution in [0.4, 0.5) is 11.4 Å². The number of carbonyl (C=O) groups excluding carboxylic acids is 2. The molecule has 1 heterocycles. The summed E-state index contributed by atoms with van der Waals surface area (Å²) in [4.78, 5) is 26.0. The third-order valence-electron chi connectivity index (χ3n) is 4.53. The van der Waals surface area contributed by atoms with Crippen LogP contribution in [0.2, 0.25) is 0 Å². The normalized spacial score (nSPS) is 14.6. The number of nitrogens with one attached hydrogen (secondary N) is 1. The molecule has 3 N–H and O–H groups in total. The van der Waals surface area contributed by atoms with E-state index < -0.39 is 5.91 Å². The Balaban J connectivity index is 1.78. The number of rotatable bonds is 4. The van der Waals surface area contributed by atoms with Crippen LogP contribution < -0.4 is 16.0 Å². The zero-order chi connectivity index (χ0) is 17.6. The predicted octanol–water partition coefficient (Wildman–Crippen LogP) is 3.42. The highest BCUT2D eigenvalue weighted by atomic mass is 16.2. The fourth-order valence-electron chi connectivity index (χ4n) is 3.15. The minimum absolute atomic E-state index is 0.196. The number of primary amides is 1. The predicted molar refractivity (Wildman–Crippen MR) is 100 cm³/mol. The Bertz CT molecular complexity index is 748. The second-order valence-corrected chi connectivity index (χ2v) is 6.31. The van der Waals surface area contributed by atoms with E-state index in [0.717, 1.165) is 24.5 Å². The van der Waals surface area contributed by atoms with Crippen molar-refractivity contribution in [3.05, 3.63) is 59.7 Å². The van der Waals surface area contributed by atoms with Crippen molar-refractivity contribution in [3.63, 3.8) is 0 Å². The molecule has 0 spiro atoms. The van der Waals surface area contributed by atoms with E-state index in [2.05, 4.69) is 16.3 Å². The van der Waals surface area contributed by atoms with E-state index in [1.54, 1.807) is 24.3 Å². The van der Waals surface area contributed by atoms with Crippen LogP contribution in [-0.4, -0.2) is 24.9 Å². The zero-order valence-corrected chi connectivity index (χ0v) is 14.2. The van der Waals surface area contributed by atoms with Crippen molar-refractivity contribution in [1.29, 1.82) is 0 Å². The van der Waals surface area contributed by atoms with Gasteiger partial charge < -0.3 is 16.0 Å². The largest absolute Gasteiger partial charge is 0.370 e. The van der Waals surface area contributed by atoms with Gasteiger partial charge in [0.15, 0.2) is 0 Å². The fraction of sp³-hybridized carbons (Fsp3) is 0.300. The molecular weight excluding hydrogens is 314 g/mol. The Kier molecular flexibility index (Phi) is 5.33. The monoisotopic (exact) mass is 337 g/mol. The molecule has 2 aromatic carbocycles. The topological polar surface area (TPSA) is 75.4 Å². The number of carbonyl (C=O) groups is 2. The van der Waals surface area contributed by atoms with Crippen LogP contribution in [0.5, 0.6) is 0 Å². The van der Waals surface area contributed by atoms with Crippen LogP contribution >= 0.6 is 0 Å². The maximum atomic E-state index is 12.6. The lowest BCUT2D eigenvalue weighted by Gasteiger charge is -2.25. The van der Waals surface area contributed by atoms with Gasteiger partial charge in [-0.25, -0.2) is 0 Å². The van der Waals surface area contributed by atoms with E-state index in [9.17, 15) is 9.59 Å². The van der Waals surface area contributed by atoms with Gasteiger partial charge in [-0.2, -0.15) is 0 Å². The average Bonchev–Trinajstić information content (AvgIpc) is 2.91. The molecule has 1 saturated heterocycles. The summed E-state index contributed by atoms with van der Waals surface area (Å²) in [7, 11) is 0. The van der Waals surface area contributed by atoms with Crippen molar-refractivity contribution in [2.75, 3.05) is 23.3 Å². The first-order valence-corrected chi connectivity index (χ1v) is 8.70. The molecule has 0 bridgehead atoms. The van der Waals surface area contributed by atoms with Gasteiger partial charge in [-0.3, -0.25) is 9.59 Å². The Morgan fingerprint density at radius 1 is 0.840 bits per heavy atom. The SMILES string of the molecule is NC(=O)c1ccc(C(=O)Nc2ccccc2N2CCCCCC2)cc1. The van der Waals surface area contributed by atoms with E-state index in [1.165, 1.54) is 25.7 Å². The summed E-state index contributed by atoms with van der Waals surface area (Å²) < 4.78 is 0. The molecular formula is C20H23N3O2. The van der Waals surface area contributed by atoms with E-state index in [-0.39, 0.29) is 5.91 Å². The molecule has 0 saturated carbocycles. The van der Waals surface area contributed by atoms with Crippen molar-refractivity contribution in [2.45, 2.75) is 25.7 Å². The van der Waals surface area contributed by atoms with Crippen molar-refractivity contribution in [3.8, 4) is 0 Å². The molecule has 0 aromatic heterocycles. The summed E-state index contributed by atoms with van der Waals surface area (Å²) in [5.41, 5.74) is 7.99. The molecule has 0 aliphatic carbocycles. The van der Waals surface area contributed by atoms with Crippen LogP contribution in [0, 0.1) is 0 Å². The van der Waals surface area contributed by atoms with Crippen LogP contribution in [0.1, 0.15) is 46.4 Å². The van der Waals surface area contributed by atoms with Crippen LogP contribution in [0.25, 0.3) is 0 Å². The molecule has 1 fully saturated rings. The van der Waals surface area contributed by atoms with Crippen molar-refractivity contribution in [2.24, 2.45) is 5.73 Å². The van der Waals surface area contributed by atoms with Gasteiger partial charge in [0.1, 0.15) is 0 Å². The Morgan fingerprint density at radius 3 is 2.08 bits per heavy atom. The summed E-state index contributed by atoms with van der Waals surface area (Å²) in [6.45, 7) is 2.03. The maximum absolute atomic E-state index is 12.6. The van der Waals surface area contributed by atoms with E-state index in [4.69, 9.17) is 5.73 Å². The molecule has 1 aliphatic heterocycles. The minimum Gasteiger partial charge on any atom is -0.370 e. The molecule has 5 nitrogen and oxygen atoms in total. The molecule has 130 valence electrons. The summed E-state index contributed by atoms with van der Waals surface area (Å²) in [5, 5.41) is 3.00. The lowest BCUT2D eigenvalue weighted by Crippen LogP contribution is -2.25. The highest BCUT2D eigenvalue weighted by Crippen LogP contribution is 2.28. The van der Waals surface area contributed by atoms with Gasteiger partial charge in [0.2, 0.25) is 5.91 Å².